The van der Waals surface area contributed by atoms with Crippen molar-refractivity contribution in [3.05, 3.63) is 70.8 Å². The highest BCUT2D eigenvalue weighted by Gasteiger charge is 2.43. The van der Waals surface area contributed by atoms with Gasteiger partial charge in [-0.05, 0) is 65.0 Å². The fraction of sp³-hybridized carbons (Fsp3) is 0.500. The molecule has 4 rings (SSSR count). The summed E-state index contributed by atoms with van der Waals surface area (Å²) < 4.78 is 158. The van der Waals surface area contributed by atoms with Crippen LogP contribution in [0.5, 0.6) is 17.2 Å². The van der Waals surface area contributed by atoms with Gasteiger partial charge >= 0.3 is 8.80 Å². The van der Waals surface area contributed by atoms with E-state index in [9.17, 15) is 17.6 Å². The van der Waals surface area contributed by atoms with Crippen molar-refractivity contribution >= 4 is 14.0 Å². The van der Waals surface area contributed by atoms with Crippen molar-refractivity contribution in [3.63, 3.8) is 0 Å². The van der Waals surface area contributed by atoms with E-state index in [0.717, 1.165) is 5.19 Å². The second-order valence-corrected chi connectivity index (χ2v) is 14.6. The second-order valence-electron chi connectivity index (χ2n) is 12.0. The Morgan fingerprint density at radius 2 is 0.981 bits per heavy atom. The van der Waals surface area contributed by atoms with Crippen LogP contribution in [0.1, 0.15) is 59.8 Å². The first-order chi connectivity index (χ1) is 24.9. The molecule has 0 unspecified atom stereocenters. The van der Waals surface area contributed by atoms with Gasteiger partial charge in [0.05, 0.1) is 49.6 Å². The lowest BCUT2D eigenvalue weighted by Gasteiger charge is -2.40. The predicted molar refractivity (Wildman–Crippen MR) is 177 cm³/mol. The standard InChI is InChI=1S/C36H42F8O7Si/c1-5-36(19-45-20-36)21-48-35-32(43)28(39)25(29(40)33(35)44)24-26(37)30(41)34(31(42)27(24)38)47-18-12-10-9-11-17-46-22-13-15-23(16-14-22)52(49-6-2,50-7-3)51-8-4/h13-16H,5-12,17-21H2,1-4H3. The summed E-state index contributed by atoms with van der Waals surface area (Å²) in [5, 5.41) is 0.801. The SMILES string of the molecule is CCO[Si](OCC)(OCC)c1ccc(OCCCCCCOc2c(F)c(F)c(-c3c(F)c(F)c(OCC4(CC)COC4)c(F)c3F)c(F)c2F)cc1. The van der Waals surface area contributed by atoms with E-state index in [1.54, 1.807) is 19.1 Å². The van der Waals surface area contributed by atoms with Crippen LogP contribution in [0.15, 0.2) is 24.3 Å². The monoisotopic (exact) mass is 766 g/mol. The molecule has 1 aliphatic heterocycles. The summed E-state index contributed by atoms with van der Waals surface area (Å²) in [6.45, 7) is 8.56. The Morgan fingerprint density at radius 1 is 0.558 bits per heavy atom. The molecule has 1 heterocycles. The topological polar surface area (TPSA) is 64.6 Å². The van der Waals surface area contributed by atoms with Gasteiger partial charge in [-0.1, -0.05) is 19.1 Å². The third kappa shape index (κ3) is 8.84. The normalized spacial score (nSPS) is 14.0. The van der Waals surface area contributed by atoms with Gasteiger partial charge in [0.1, 0.15) is 5.75 Å². The molecule has 0 N–H and O–H groups in total. The van der Waals surface area contributed by atoms with Gasteiger partial charge in [-0.3, -0.25) is 0 Å². The lowest BCUT2D eigenvalue weighted by Crippen LogP contribution is -2.56. The number of hydrogen-bond acceptors (Lipinski definition) is 7. The number of rotatable bonds is 21. The lowest BCUT2D eigenvalue weighted by atomic mass is 9.84. The summed E-state index contributed by atoms with van der Waals surface area (Å²) in [6, 6.07) is 7.23. The third-order valence-corrected chi connectivity index (χ3v) is 11.6. The van der Waals surface area contributed by atoms with E-state index in [2.05, 4.69) is 0 Å². The molecular weight excluding hydrogens is 724 g/mol. The van der Waals surface area contributed by atoms with Gasteiger partial charge in [0, 0.05) is 25.0 Å². The Hall–Kier alpha value is -3.44. The Bertz CT molecular complexity index is 1580. The Labute approximate surface area is 298 Å². The van der Waals surface area contributed by atoms with E-state index >= 15 is 17.6 Å². The molecule has 0 radical (unpaired) electrons. The number of benzene rings is 3. The molecule has 288 valence electrons. The van der Waals surface area contributed by atoms with E-state index < -0.39 is 83.4 Å². The van der Waals surface area contributed by atoms with Crippen molar-refractivity contribution < 1.29 is 67.3 Å². The first kappa shape index (κ1) is 41.3. The summed E-state index contributed by atoms with van der Waals surface area (Å²) in [6.07, 6.45) is 2.35. The first-order valence-electron chi connectivity index (χ1n) is 17.1. The number of hydrogen-bond donors (Lipinski definition) is 0. The van der Waals surface area contributed by atoms with E-state index in [1.165, 1.54) is 0 Å². The Kier molecular flexibility index (Phi) is 14.7. The smallest absolute Gasteiger partial charge is 0.494 e. The molecule has 3 aromatic carbocycles. The maximum Gasteiger partial charge on any atom is 0.537 e. The van der Waals surface area contributed by atoms with Crippen molar-refractivity contribution in [2.45, 2.75) is 59.8 Å². The van der Waals surface area contributed by atoms with Gasteiger partial charge < -0.3 is 32.2 Å². The highest BCUT2D eigenvalue weighted by atomic mass is 28.4. The summed E-state index contributed by atoms with van der Waals surface area (Å²) in [5.74, 6) is -20.1. The third-order valence-electron chi connectivity index (χ3n) is 8.55. The van der Waals surface area contributed by atoms with Crippen molar-refractivity contribution in [2.75, 3.05) is 52.9 Å². The fourth-order valence-electron chi connectivity index (χ4n) is 5.54. The van der Waals surface area contributed by atoms with Crippen LogP contribution in [0, 0.1) is 52.0 Å². The largest absolute Gasteiger partial charge is 0.537 e. The van der Waals surface area contributed by atoms with Crippen LogP contribution in [-0.2, 0) is 18.0 Å². The minimum atomic E-state index is -3.05. The molecule has 0 bridgehead atoms. The zero-order chi connectivity index (χ0) is 38.1. The van der Waals surface area contributed by atoms with E-state index in [1.807, 2.05) is 32.9 Å². The molecule has 1 aliphatic rings. The zero-order valence-electron chi connectivity index (χ0n) is 29.4. The average Bonchev–Trinajstić information content (AvgIpc) is 3.11. The summed E-state index contributed by atoms with van der Waals surface area (Å²) >= 11 is 0. The van der Waals surface area contributed by atoms with Crippen molar-refractivity contribution in [2.24, 2.45) is 5.41 Å². The molecule has 0 saturated carbocycles. The van der Waals surface area contributed by atoms with Crippen LogP contribution in [0.4, 0.5) is 35.1 Å². The molecular formula is C36H42F8O7Si. The van der Waals surface area contributed by atoms with Gasteiger partial charge in [-0.2, -0.15) is 17.6 Å². The molecule has 1 fully saturated rings. The molecule has 0 spiro atoms. The van der Waals surface area contributed by atoms with E-state index in [-0.39, 0.29) is 32.8 Å². The zero-order valence-corrected chi connectivity index (χ0v) is 30.4. The molecule has 3 aromatic rings. The first-order valence-corrected chi connectivity index (χ1v) is 18.8. The minimum Gasteiger partial charge on any atom is -0.494 e. The van der Waals surface area contributed by atoms with Gasteiger partial charge in [-0.15, -0.1) is 0 Å². The van der Waals surface area contributed by atoms with Gasteiger partial charge in [-0.25, -0.2) is 17.6 Å². The van der Waals surface area contributed by atoms with Crippen LogP contribution in [0.25, 0.3) is 11.1 Å². The molecule has 1 saturated heterocycles. The highest BCUT2D eigenvalue weighted by Crippen LogP contribution is 2.42. The van der Waals surface area contributed by atoms with Crippen molar-refractivity contribution in [1.82, 2.24) is 0 Å². The summed E-state index contributed by atoms with van der Waals surface area (Å²) in [4.78, 5) is 0. The van der Waals surface area contributed by atoms with Gasteiger partial charge in [0.2, 0.25) is 23.3 Å². The second kappa shape index (κ2) is 18.5. The van der Waals surface area contributed by atoms with Crippen LogP contribution < -0.4 is 19.4 Å². The average molecular weight is 767 g/mol. The molecule has 7 nitrogen and oxygen atoms in total. The van der Waals surface area contributed by atoms with E-state index in [4.69, 9.17) is 32.2 Å². The fourth-order valence-corrected chi connectivity index (χ4v) is 8.01. The minimum absolute atomic E-state index is 0.175. The maximum atomic E-state index is 15.0. The number of ether oxygens (including phenoxy) is 4. The van der Waals surface area contributed by atoms with Crippen molar-refractivity contribution in [1.29, 1.82) is 0 Å². The van der Waals surface area contributed by atoms with Crippen LogP contribution in [0.3, 0.4) is 0 Å². The Balaban J connectivity index is 1.32. The van der Waals surface area contributed by atoms with E-state index in [0.29, 0.717) is 57.9 Å². The summed E-state index contributed by atoms with van der Waals surface area (Å²) in [5.41, 5.74) is -4.61. The maximum absolute atomic E-state index is 15.0. The predicted octanol–water partition coefficient (Wildman–Crippen LogP) is 8.55. The highest BCUT2D eigenvalue weighted by molar-refractivity contribution is 6.75. The number of halogens is 8. The van der Waals surface area contributed by atoms with Crippen LogP contribution in [0.2, 0.25) is 0 Å². The molecule has 0 aliphatic carbocycles. The van der Waals surface area contributed by atoms with Crippen LogP contribution >= 0.6 is 0 Å². The van der Waals surface area contributed by atoms with Gasteiger partial charge in [0.25, 0.3) is 0 Å². The molecule has 16 heteroatoms. The van der Waals surface area contributed by atoms with Gasteiger partial charge in [0.15, 0.2) is 34.8 Å². The quantitative estimate of drug-likeness (QED) is 0.0466. The molecule has 0 aromatic heterocycles. The van der Waals surface area contributed by atoms with Crippen molar-refractivity contribution in [3.8, 4) is 28.4 Å². The summed E-state index contributed by atoms with van der Waals surface area (Å²) in [7, 11) is -3.05. The Morgan fingerprint density at radius 3 is 1.37 bits per heavy atom. The lowest BCUT2D eigenvalue weighted by molar-refractivity contribution is -0.134. The number of unbranched alkanes of at least 4 members (excludes halogenated alkanes) is 3. The molecule has 0 amide bonds. The van der Waals surface area contributed by atoms with Crippen LogP contribution in [-0.4, -0.2) is 61.7 Å². The molecule has 52 heavy (non-hydrogen) atoms. The molecule has 0 atom stereocenters.